The molecule has 0 bridgehead atoms. The molecule has 1 aliphatic carbocycles. The van der Waals surface area contributed by atoms with Crippen LogP contribution < -0.4 is 20.7 Å². The topological polar surface area (TPSA) is 132 Å². The molecular formula is C33H55N5O6. The fraction of sp³-hybridized carbons (Fsp3) is 0.727. The average molecular weight is 618 g/mol. The maximum absolute atomic E-state index is 14.2. The first-order valence-electron chi connectivity index (χ1n) is 16.4. The summed E-state index contributed by atoms with van der Waals surface area (Å²) < 4.78 is 12.6. The molecule has 1 aromatic rings. The molecule has 11 nitrogen and oxygen atoms in total. The lowest BCUT2D eigenvalue weighted by Crippen LogP contribution is -2.50. The van der Waals surface area contributed by atoms with Crippen molar-refractivity contribution in [1.82, 2.24) is 20.4 Å². The molecule has 44 heavy (non-hydrogen) atoms. The monoisotopic (exact) mass is 617 g/mol. The van der Waals surface area contributed by atoms with Gasteiger partial charge in [-0.2, -0.15) is 0 Å². The number of amides is 5. The van der Waals surface area contributed by atoms with Crippen LogP contribution in [0.5, 0.6) is 5.75 Å². The Morgan fingerprint density at radius 1 is 1.07 bits per heavy atom. The molecule has 1 heterocycles. The van der Waals surface area contributed by atoms with Gasteiger partial charge < -0.3 is 40.3 Å². The lowest BCUT2D eigenvalue weighted by atomic mass is 9.96. The summed E-state index contributed by atoms with van der Waals surface area (Å²) in [4.78, 5) is 43.0. The molecule has 0 unspecified atom stereocenters. The molecule has 2 aliphatic rings. The SMILES string of the molecule is CC(C)NC(=O)Nc1ccc2c(c1)C(=O)N([C@H](C)CO)C[C@@H](C)[C@@H](CN(C)C(=O)NC1CCCCC1)OCCCC[C@@H](C)O2. The third kappa shape index (κ3) is 10.8. The van der Waals surface area contributed by atoms with E-state index in [1.807, 2.05) is 27.7 Å². The van der Waals surface area contributed by atoms with Gasteiger partial charge in [0.1, 0.15) is 5.75 Å². The first kappa shape index (κ1) is 35.4. The number of nitrogens with one attached hydrogen (secondary N) is 3. The molecule has 0 spiro atoms. The first-order valence-corrected chi connectivity index (χ1v) is 16.4. The summed E-state index contributed by atoms with van der Waals surface area (Å²) in [5.41, 5.74) is 0.772. The van der Waals surface area contributed by atoms with Crippen LogP contribution in [0, 0.1) is 5.92 Å². The van der Waals surface area contributed by atoms with E-state index in [-0.39, 0.29) is 54.8 Å². The number of carbonyl (C=O) groups excluding carboxylic acids is 3. The van der Waals surface area contributed by atoms with E-state index in [2.05, 4.69) is 16.0 Å². The van der Waals surface area contributed by atoms with E-state index in [0.717, 1.165) is 44.9 Å². The highest BCUT2D eigenvalue weighted by molar-refractivity contribution is 5.99. The van der Waals surface area contributed by atoms with E-state index in [1.165, 1.54) is 6.42 Å². The number of aliphatic hydroxyl groups is 1. The Kier molecular flexibility index (Phi) is 14.0. The number of fused-ring (bicyclic) bond motifs is 1. The molecule has 248 valence electrons. The van der Waals surface area contributed by atoms with Gasteiger partial charge in [0.05, 0.1) is 30.4 Å². The third-order valence-electron chi connectivity index (χ3n) is 8.46. The van der Waals surface area contributed by atoms with E-state index in [4.69, 9.17) is 9.47 Å². The van der Waals surface area contributed by atoms with Crippen LogP contribution in [-0.2, 0) is 4.74 Å². The number of urea groups is 2. The van der Waals surface area contributed by atoms with Gasteiger partial charge in [0, 0.05) is 50.4 Å². The van der Waals surface area contributed by atoms with Gasteiger partial charge in [-0.05, 0) is 78.0 Å². The molecule has 1 aromatic carbocycles. The zero-order valence-electron chi connectivity index (χ0n) is 27.6. The Hall–Kier alpha value is -3.05. The van der Waals surface area contributed by atoms with Crippen molar-refractivity contribution in [2.75, 3.05) is 38.7 Å². The lowest BCUT2D eigenvalue weighted by molar-refractivity contribution is -0.0123. The summed E-state index contributed by atoms with van der Waals surface area (Å²) >= 11 is 0. The minimum atomic E-state index is -0.489. The number of carbonyl (C=O) groups is 3. The third-order valence-corrected chi connectivity index (χ3v) is 8.46. The van der Waals surface area contributed by atoms with Crippen LogP contribution in [0.25, 0.3) is 0 Å². The Morgan fingerprint density at radius 2 is 1.77 bits per heavy atom. The van der Waals surface area contributed by atoms with Crippen molar-refractivity contribution in [3.05, 3.63) is 23.8 Å². The Bertz CT molecular complexity index is 1080. The van der Waals surface area contributed by atoms with Crippen molar-refractivity contribution in [3.63, 3.8) is 0 Å². The van der Waals surface area contributed by atoms with Crippen molar-refractivity contribution < 1.29 is 29.0 Å². The van der Waals surface area contributed by atoms with Gasteiger partial charge in [0.15, 0.2) is 0 Å². The molecule has 0 saturated heterocycles. The Morgan fingerprint density at radius 3 is 2.45 bits per heavy atom. The van der Waals surface area contributed by atoms with E-state index < -0.39 is 6.04 Å². The predicted octanol–water partition coefficient (Wildman–Crippen LogP) is 4.99. The molecule has 4 atom stereocenters. The van der Waals surface area contributed by atoms with Crippen LogP contribution in [0.4, 0.5) is 15.3 Å². The van der Waals surface area contributed by atoms with Gasteiger partial charge in [0.2, 0.25) is 0 Å². The number of likely N-dealkylation sites (N-methyl/N-ethyl adjacent to an activating group) is 1. The zero-order valence-corrected chi connectivity index (χ0v) is 27.6. The Labute approximate surface area is 263 Å². The zero-order chi connectivity index (χ0) is 32.2. The van der Waals surface area contributed by atoms with Crippen LogP contribution in [-0.4, -0.2) is 96.6 Å². The first-order chi connectivity index (χ1) is 21.0. The van der Waals surface area contributed by atoms with Crippen LogP contribution in [0.3, 0.4) is 0 Å². The molecule has 0 aromatic heterocycles. The number of anilines is 1. The minimum Gasteiger partial charge on any atom is -0.490 e. The van der Waals surface area contributed by atoms with E-state index in [9.17, 15) is 19.5 Å². The van der Waals surface area contributed by atoms with Gasteiger partial charge in [-0.3, -0.25) is 4.79 Å². The summed E-state index contributed by atoms with van der Waals surface area (Å²) in [6, 6.07) is 4.28. The van der Waals surface area contributed by atoms with Crippen LogP contribution in [0.1, 0.15) is 96.3 Å². The van der Waals surface area contributed by atoms with E-state index in [1.54, 1.807) is 42.0 Å². The molecule has 1 saturated carbocycles. The fourth-order valence-electron chi connectivity index (χ4n) is 5.78. The van der Waals surface area contributed by atoms with Crippen molar-refractivity contribution in [3.8, 4) is 5.75 Å². The van der Waals surface area contributed by atoms with Gasteiger partial charge >= 0.3 is 12.1 Å². The second-order valence-electron chi connectivity index (χ2n) is 12.9. The average Bonchev–Trinajstić information content (AvgIpc) is 2.98. The number of hydrogen-bond donors (Lipinski definition) is 4. The van der Waals surface area contributed by atoms with Crippen molar-refractivity contribution in [2.24, 2.45) is 5.92 Å². The normalized spacial score (nSPS) is 23.1. The van der Waals surface area contributed by atoms with Crippen molar-refractivity contribution >= 4 is 23.7 Å². The largest absolute Gasteiger partial charge is 0.490 e. The molecule has 1 fully saturated rings. The molecule has 5 amide bonds. The number of ether oxygens (including phenoxy) is 2. The maximum atomic E-state index is 14.2. The fourth-order valence-corrected chi connectivity index (χ4v) is 5.78. The van der Waals surface area contributed by atoms with Crippen molar-refractivity contribution in [1.29, 1.82) is 0 Å². The van der Waals surface area contributed by atoms with Crippen molar-refractivity contribution in [2.45, 2.75) is 116 Å². The molecule has 3 rings (SSSR count). The summed E-state index contributed by atoms with van der Waals surface area (Å²) in [7, 11) is 1.79. The second kappa shape index (κ2) is 17.4. The van der Waals surface area contributed by atoms with Gasteiger partial charge in [-0.1, -0.05) is 26.2 Å². The maximum Gasteiger partial charge on any atom is 0.319 e. The summed E-state index contributed by atoms with van der Waals surface area (Å²) in [5, 5.41) is 18.9. The highest BCUT2D eigenvalue weighted by Crippen LogP contribution is 2.28. The lowest BCUT2D eigenvalue weighted by Gasteiger charge is -2.36. The summed E-state index contributed by atoms with van der Waals surface area (Å²) in [6.45, 7) is 10.5. The van der Waals surface area contributed by atoms with Crippen LogP contribution in [0.2, 0.25) is 0 Å². The smallest absolute Gasteiger partial charge is 0.319 e. The quantitative estimate of drug-likeness (QED) is 0.341. The van der Waals surface area contributed by atoms with Crippen LogP contribution >= 0.6 is 0 Å². The van der Waals surface area contributed by atoms with Gasteiger partial charge in [0.25, 0.3) is 5.91 Å². The predicted molar refractivity (Wildman–Crippen MR) is 172 cm³/mol. The highest BCUT2D eigenvalue weighted by Gasteiger charge is 2.31. The van der Waals surface area contributed by atoms with Gasteiger partial charge in [-0.25, -0.2) is 9.59 Å². The number of hydrogen-bond acceptors (Lipinski definition) is 6. The number of nitrogens with zero attached hydrogens (tertiary/aromatic N) is 2. The number of aliphatic hydroxyl groups excluding tert-OH is 1. The van der Waals surface area contributed by atoms with E-state index in [0.29, 0.717) is 36.7 Å². The number of rotatable bonds is 7. The Balaban J connectivity index is 1.86. The molecule has 1 aliphatic heterocycles. The summed E-state index contributed by atoms with van der Waals surface area (Å²) in [5.74, 6) is -0.0287. The molecule has 4 N–H and O–H groups in total. The molecule has 0 radical (unpaired) electrons. The highest BCUT2D eigenvalue weighted by atomic mass is 16.5. The molecular weight excluding hydrogens is 562 g/mol. The minimum absolute atomic E-state index is 0.0481. The molecule has 11 heteroatoms. The standard InChI is InChI=1S/C33H55N5O6/c1-22(2)34-32(41)35-27-15-16-29-28(18-27)31(40)38(24(4)21-39)19-23(3)30(43-17-11-10-12-25(5)44-29)20-37(6)33(42)36-26-13-8-7-9-14-26/h15-16,18,22-26,30,39H,7-14,17,19-21H2,1-6H3,(H,36,42)(H2,34,35,41)/t23-,24-,25-,30-/m1/s1. The van der Waals surface area contributed by atoms with E-state index >= 15 is 0 Å². The summed E-state index contributed by atoms with van der Waals surface area (Å²) in [6.07, 6.45) is 7.54. The second-order valence-corrected chi connectivity index (χ2v) is 12.9. The van der Waals surface area contributed by atoms with Gasteiger partial charge in [-0.15, -0.1) is 0 Å². The van der Waals surface area contributed by atoms with Crippen LogP contribution in [0.15, 0.2) is 18.2 Å². The number of benzene rings is 1.